The first-order valence-corrected chi connectivity index (χ1v) is 11.6. The monoisotopic (exact) mass is 442 g/mol. The maximum atomic E-state index is 12.9. The Bertz CT molecular complexity index is 839. The van der Waals surface area contributed by atoms with Crippen LogP contribution in [-0.2, 0) is 24.5 Å². The van der Waals surface area contributed by atoms with Gasteiger partial charge in [0.1, 0.15) is 0 Å². The van der Waals surface area contributed by atoms with E-state index < -0.39 is 11.0 Å². The Hall–Kier alpha value is -1.08. The summed E-state index contributed by atoms with van der Waals surface area (Å²) in [7, 11) is 0.299. The zero-order valence-electron chi connectivity index (χ0n) is 16.6. The second kappa shape index (κ2) is 9.61. The fourth-order valence-corrected chi connectivity index (χ4v) is 5.77. The van der Waals surface area contributed by atoms with Crippen LogP contribution in [0.5, 0.6) is 0 Å². The van der Waals surface area contributed by atoms with Crippen molar-refractivity contribution in [3.8, 4) is 0 Å². The molecule has 0 saturated carbocycles. The van der Waals surface area contributed by atoms with Gasteiger partial charge in [-0.15, -0.1) is 0 Å². The third-order valence-electron chi connectivity index (χ3n) is 5.48. The molecule has 1 saturated heterocycles. The van der Waals surface area contributed by atoms with Gasteiger partial charge in [-0.05, 0) is 76.2 Å². The van der Waals surface area contributed by atoms with Gasteiger partial charge in [-0.1, -0.05) is 29.6 Å². The highest BCUT2D eigenvalue weighted by molar-refractivity contribution is 7.86. The van der Waals surface area contributed by atoms with Gasteiger partial charge in [0.15, 0.2) is 11.0 Å². The lowest BCUT2D eigenvalue weighted by molar-refractivity contribution is 0.347. The van der Waals surface area contributed by atoms with Gasteiger partial charge in [-0.2, -0.15) is 5.10 Å². The summed E-state index contributed by atoms with van der Waals surface area (Å²) in [6.07, 6.45) is 5.80. The minimum atomic E-state index is -1.56. The molecule has 2 N–H and O–H groups in total. The van der Waals surface area contributed by atoms with Crippen LogP contribution in [0.1, 0.15) is 42.6 Å². The number of rotatable bonds is 7. The van der Waals surface area contributed by atoms with E-state index in [1.807, 2.05) is 33.0 Å². The normalized spacial score (nSPS) is 16.3. The number of nitrogens with zero attached hydrogens (tertiary/aromatic N) is 2. The SMILES string of the molecule is Cc1nn(C)c(C)c1NS(=O)c1c(Cl)cc(CCCC2CCNCC2)cc1Cl. The summed E-state index contributed by atoms with van der Waals surface area (Å²) in [4.78, 5) is 0.424. The Morgan fingerprint density at radius 3 is 2.46 bits per heavy atom. The fraction of sp³-hybridized carbons (Fsp3) is 0.550. The van der Waals surface area contributed by atoms with Crippen LogP contribution >= 0.6 is 23.2 Å². The van der Waals surface area contributed by atoms with Crippen LogP contribution < -0.4 is 10.0 Å². The summed E-state index contributed by atoms with van der Waals surface area (Å²) in [6.45, 7) is 6.06. The van der Waals surface area contributed by atoms with Gasteiger partial charge in [0.05, 0.1) is 32.0 Å². The van der Waals surface area contributed by atoms with Crippen LogP contribution in [0.25, 0.3) is 0 Å². The van der Waals surface area contributed by atoms with E-state index in [2.05, 4.69) is 15.1 Å². The van der Waals surface area contributed by atoms with Crippen LogP contribution in [0.15, 0.2) is 17.0 Å². The molecule has 1 aromatic carbocycles. The average Bonchev–Trinajstić information content (AvgIpc) is 2.88. The Kier molecular flexibility index (Phi) is 7.42. The summed E-state index contributed by atoms with van der Waals surface area (Å²) in [5.74, 6) is 0.814. The number of aromatic nitrogens is 2. The van der Waals surface area contributed by atoms with Crippen LogP contribution in [0, 0.1) is 19.8 Å². The predicted molar refractivity (Wildman–Crippen MR) is 118 cm³/mol. The number of piperidine rings is 1. The molecule has 3 rings (SSSR count). The van der Waals surface area contributed by atoms with Gasteiger partial charge in [0, 0.05) is 7.05 Å². The minimum Gasteiger partial charge on any atom is -0.317 e. The number of nitrogens with one attached hydrogen (secondary N) is 2. The van der Waals surface area contributed by atoms with E-state index in [1.165, 1.54) is 19.3 Å². The highest BCUT2D eigenvalue weighted by Gasteiger charge is 2.19. The predicted octanol–water partition coefficient (Wildman–Crippen LogP) is 4.80. The van der Waals surface area contributed by atoms with Gasteiger partial charge in [0.2, 0.25) is 0 Å². The second-order valence-corrected chi connectivity index (χ2v) is 9.48. The van der Waals surface area contributed by atoms with E-state index in [0.717, 1.165) is 54.5 Å². The minimum absolute atomic E-state index is 0.424. The quantitative estimate of drug-likeness (QED) is 0.646. The van der Waals surface area contributed by atoms with Crippen molar-refractivity contribution < 1.29 is 4.21 Å². The first-order chi connectivity index (χ1) is 13.4. The number of aryl methyl sites for hydroxylation is 3. The Morgan fingerprint density at radius 2 is 1.89 bits per heavy atom. The lowest BCUT2D eigenvalue weighted by Crippen LogP contribution is -2.27. The molecule has 2 heterocycles. The second-order valence-electron chi connectivity index (χ2n) is 7.51. The largest absolute Gasteiger partial charge is 0.317 e. The van der Waals surface area contributed by atoms with Crippen LogP contribution in [0.2, 0.25) is 10.0 Å². The molecular formula is C20H28Cl2N4OS. The summed E-state index contributed by atoms with van der Waals surface area (Å²) < 4.78 is 17.7. The van der Waals surface area contributed by atoms with Crippen LogP contribution in [0.3, 0.4) is 0 Å². The molecule has 1 atom stereocenters. The maximum Gasteiger partial charge on any atom is 0.153 e. The standard InChI is InChI=1S/C20H28Cl2N4OS/c1-13-19(14(2)26(3)24-13)25-28(27)20-17(21)11-16(12-18(20)22)6-4-5-15-7-9-23-10-8-15/h11-12,15,23,25H,4-10H2,1-3H3. The molecule has 1 aliphatic rings. The molecular weight excluding hydrogens is 415 g/mol. The molecule has 1 aromatic heterocycles. The molecule has 154 valence electrons. The zero-order valence-corrected chi connectivity index (χ0v) is 19.0. The molecule has 1 fully saturated rings. The topological polar surface area (TPSA) is 59.0 Å². The molecule has 1 aliphatic heterocycles. The molecule has 0 spiro atoms. The van der Waals surface area contributed by atoms with Crippen LogP contribution in [-0.4, -0.2) is 27.1 Å². The van der Waals surface area contributed by atoms with Crippen molar-refractivity contribution in [2.24, 2.45) is 13.0 Å². The number of halogens is 2. The van der Waals surface area contributed by atoms with Gasteiger partial charge in [-0.25, -0.2) is 4.21 Å². The summed E-state index contributed by atoms with van der Waals surface area (Å²) >= 11 is 12.9. The fourth-order valence-electron chi connectivity index (χ4n) is 3.76. The molecule has 8 heteroatoms. The van der Waals surface area contributed by atoms with Crippen molar-refractivity contribution in [1.82, 2.24) is 15.1 Å². The van der Waals surface area contributed by atoms with E-state index in [0.29, 0.717) is 14.9 Å². The molecule has 2 aromatic rings. The third-order valence-corrected chi connectivity index (χ3v) is 7.50. The number of hydrogen-bond donors (Lipinski definition) is 2. The molecule has 0 aliphatic carbocycles. The van der Waals surface area contributed by atoms with E-state index in [4.69, 9.17) is 23.2 Å². The molecule has 0 radical (unpaired) electrons. The molecule has 1 unspecified atom stereocenters. The van der Waals surface area contributed by atoms with E-state index in [9.17, 15) is 4.21 Å². The lowest BCUT2D eigenvalue weighted by atomic mass is 9.92. The molecule has 28 heavy (non-hydrogen) atoms. The van der Waals surface area contributed by atoms with E-state index in [1.54, 1.807) is 4.68 Å². The highest BCUT2D eigenvalue weighted by Crippen LogP contribution is 2.32. The van der Waals surface area contributed by atoms with Crippen molar-refractivity contribution in [2.45, 2.75) is 50.8 Å². The van der Waals surface area contributed by atoms with E-state index in [-0.39, 0.29) is 0 Å². The summed E-state index contributed by atoms with van der Waals surface area (Å²) in [6, 6.07) is 3.79. The molecule has 5 nitrogen and oxygen atoms in total. The Labute approximate surface area is 179 Å². The highest BCUT2D eigenvalue weighted by atomic mass is 35.5. The Balaban J connectivity index is 1.66. The van der Waals surface area contributed by atoms with Crippen LogP contribution in [0.4, 0.5) is 5.69 Å². The van der Waals surface area contributed by atoms with Crippen molar-refractivity contribution in [3.05, 3.63) is 39.1 Å². The summed E-state index contributed by atoms with van der Waals surface area (Å²) in [5, 5.41) is 8.62. The summed E-state index contributed by atoms with van der Waals surface area (Å²) in [5.41, 5.74) is 3.54. The Morgan fingerprint density at radius 1 is 1.25 bits per heavy atom. The maximum absolute atomic E-state index is 12.9. The molecule has 0 bridgehead atoms. The van der Waals surface area contributed by atoms with Crippen molar-refractivity contribution in [1.29, 1.82) is 0 Å². The first-order valence-electron chi connectivity index (χ1n) is 9.74. The smallest absolute Gasteiger partial charge is 0.153 e. The van der Waals surface area contributed by atoms with Crippen molar-refractivity contribution in [3.63, 3.8) is 0 Å². The lowest BCUT2D eigenvalue weighted by Gasteiger charge is -2.22. The molecule has 0 amide bonds. The zero-order chi connectivity index (χ0) is 20.3. The first kappa shape index (κ1) is 21.6. The van der Waals surface area contributed by atoms with Gasteiger partial charge in [0.25, 0.3) is 0 Å². The average molecular weight is 443 g/mol. The van der Waals surface area contributed by atoms with Crippen molar-refractivity contribution in [2.75, 3.05) is 17.8 Å². The van der Waals surface area contributed by atoms with Gasteiger partial charge < -0.3 is 5.32 Å². The third kappa shape index (κ3) is 5.09. The van der Waals surface area contributed by atoms with Gasteiger partial charge in [-0.3, -0.25) is 9.40 Å². The van der Waals surface area contributed by atoms with Gasteiger partial charge >= 0.3 is 0 Å². The number of hydrogen-bond acceptors (Lipinski definition) is 3. The number of anilines is 1. The van der Waals surface area contributed by atoms with E-state index >= 15 is 0 Å². The van der Waals surface area contributed by atoms with Crippen molar-refractivity contribution >= 4 is 39.9 Å². The number of benzene rings is 1.